The number of fused-ring (bicyclic) bond motifs is 1. The summed E-state index contributed by atoms with van der Waals surface area (Å²) in [5, 5.41) is 10.6. The van der Waals surface area contributed by atoms with E-state index in [9.17, 15) is 14.7 Å². The van der Waals surface area contributed by atoms with Gasteiger partial charge in [-0.25, -0.2) is 0 Å². The largest absolute Gasteiger partial charge is 0.503 e. The van der Waals surface area contributed by atoms with Crippen LogP contribution in [0.2, 0.25) is 0 Å². The van der Waals surface area contributed by atoms with Gasteiger partial charge in [-0.2, -0.15) is 0 Å². The Labute approximate surface area is 138 Å². The molecule has 3 N–H and O–H groups in total. The lowest BCUT2D eigenvalue weighted by molar-refractivity contribution is -0.114. The van der Waals surface area contributed by atoms with Gasteiger partial charge in [0.1, 0.15) is 0 Å². The number of aliphatic hydroxyl groups is 1. The van der Waals surface area contributed by atoms with Crippen LogP contribution in [0.3, 0.4) is 0 Å². The SMILES string of the molecule is CCc1c(Cc2ccccc2)n2ccc(=O)cc2/c1=C(\O)C(N)=O. The van der Waals surface area contributed by atoms with E-state index in [0.717, 1.165) is 16.8 Å². The van der Waals surface area contributed by atoms with Crippen molar-refractivity contribution in [1.82, 2.24) is 4.40 Å². The van der Waals surface area contributed by atoms with E-state index in [1.807, 2.05) is 41.7 Å². The Morgan fingerprint density at radius 3 is 2.54 bits per heavy atom. The quantitative estimate of drug-likeness (QED) is 0.760. The Hall–Kier alpha value is -3.08. The lowest BCUT2D eigenvalue weighted by atomic mass is 10.0. The summed E-state index contributed by atoms with van der Waals surface area (Å²) >= 11 is 0. The maximum atomic E-state index is 11.8. The summed E-state index contributed by atoms with van der Waals surface area (Å²) in [5.74, 6) is -1.41. The molecule has 2 aromatic heterocycles. The number of nitrogens with two attached hydrogens (primary N) is 1. The Balaban J connectivity index is 2.40. The second kappa shape index (κ2) is 6.20. The van der Waals surface area contributed by atoms with Gasteiger partial charge in [0.05, 0.1) is 10.7 Å². The first-order chi connectivity index (χ1) is 11.5. The molecule has 122 valence electrons. The number of aliphatic hydroxyl groups excluding tert-OH is 1. The van der Waals surface area contributed by atoms with Crippen LogP contribution in [0, 0.1) is 0 Å². The molecule has 5 heteroatoms. The predicted molar refractivity (Wildman–Crippen MR) is 92.7 cm³/mol. The third-order valence-corrected chi connectivity index (χ3v) is 4.16. The van der Waals surface area contributed by atoms with Crippen molar-refractivity contribution < 1.29 is 9.90 Å². The average molecular weight is 322 g/mol. The highest BCUT2D eigenvalue weighted by molar-refractivity contribution is 6.09. The number of carbonyl (C=O) groups is 1. The van der Waals surface area contributed by atoms with Gasteiger partial charge in [-0.05, 0) is 17.5 Å². The van der Waals surface area contributed by atoms with Gasteiger partial charge >= 0.3 is 0 Å². The molecule has 1 amide bonds. The fourth-order valence-corrected chi connectivity index (χ4v) is 3.10. The molecule has 5 nitrogen and oxygen atoms in total. The molecule has 0 saturated carbocycles. The number of nitrogens with zero attached hydrogens (tertiary/aromatic N) is 1. The van der Waals surface area contributed by atoms with Gasteiger partial charge in [-0.3, -0.25) is 9.59 Å². The standard InChI is InChI=1S/C19H18N2O3/c1-2-14-15(10-12-6-4-3-5-7-12)21-9-8-13(22)11-16(21)17(14)18(23)19(20)24/h3-9,11,23H,2,10H2,1H3,(H2,20,24)/b18-17-. The van der Waals surface area contributed by atoms with Crippen molar-refractivity contribution in [2.45, 2.75) is 19.8 Å². The molecular formula is C19H18N2O3. The fraction of sp³-hybridized carbons (Fsp3) is 0.158. The highest BCUT2D eigenvalue weighted by Crippen LogP contribution is 2.17. The van der Waals surface area contributed by atoms with Crippen LogP contribution in [0.15, 0.2) is 53.5 Å². The van der Waals surface area contributed by atoms with Crippen LogP contribution in [0.5, 0.6) is 0 Å². The highest BCUT2D eigenvalue weighted by Gasteiger charge is 2.18. The van der Waals surface area contributed by atoms with Gasteiger partial charge in [0.25, 0.3) is 5.91 Å². The van der Waals surface area contributed by atoms with Crippen LogP contribution in [-0.4, -0.2) is 15.4 Å². The molecule has 2 heterocycles. The second-order valence-electron chi connectivity index (χ2n) is 5.65. The summed E-state index contributed by atoms with van der Waals surface area (Å²) < 4.78 is 1.85. The van der Waals surface area contributed by atoms with E-state index in [4.69, 9.17) is 5.73 Å². The van der Waals surface area contributed by atoms with E-state index in [0.29, 0.717) is 23.6 Å². The lowest BCUT2D eigenvalue weighted by Gasteiger charge is -2.06. The van der Waals surface area contributed by atoms with Crippen molar-refractivity contribution in [1.29, 1.82) is 0 Å². The molecule has 0 atom stereocenters. The van der Waals surface area contributed by atoms with Crippen LogP contribution in [-0.2, 0) is 17.6 Å². The van der Waals surface area contributed by atoms with E-state index in [2.05, 4.69) is 0 Å². The van der Waals surface area contributed by atoms with Crippen LogP contribution in [0.4, 0.5) is 0 Å². The lowest BCUT2D eigenvalue weighted by Crippen LogP contribution is -2.22. The third-order valence-electron chi connectivity index (χ3n) is 4.16. The van der Waals surface area contributed by atoms with Crippen molar-refractivity contribution in [3.63, 3.8) is 0 Å². The van der Waals surface area contributed by atoms with Crippen molar-refractivity contribution >= 4 is 17.2 Å². The molecule has 0 bridgehead atoms. The molecule has 3 aromatic rings. The predicted octanol–water partition coefficient (Wildman–Crippen LogP) is 1.32. The number of carbonyl (C=O) groups excluding carboxylic acids is 1. The summed E-state index contributed by atoms with van der Waals surface area (Å²) in [6.07, 6.45) is 2.90. The number of primary amides is 1. The molecule has 0 unspecified atom stereocenters. The topological polar surface area (TPSA) is 84.8 Å². The number of hydrogen-bond donors (Lipinski definition) is 2. The Kier molecular flexibility index (Phi) is 4.08. The van der Waals surface area contributed by atoms with E-state index >= 15 is 0 Å². The Morgan fingerprint density at radius 1 is 1.21 bits per heavy atom. The molecule has 0 radical (unpaired) electrons. The van der Waals surface area contributed by atoms with Crippen molar-refractivity contribution in [2.24, 2.45) is 5.73 Å². The highest BCUT2D eigenvalue weighted by atomic mass is 16.3. The number of rotatable bonds is 4. The van der Waals surface area contributed by atoms with Crippen molar-refractivity contribution in [2.75, 3.05) is 0 Å². The van der Waals surface area contributed by atoms with Gasteiger partial charge in [0.2, 0.25) is 0 Å². The van der Waals surface area contributed by atoms with Crippen LogP contribution in [0.25, 0.3) is 11.3 Å². The number of aromatic nitrogens is 1. The van der Waals surface area contributed by atoms with E-state index in [1.165, 1.54) is 12.1 Å². The zero-order valence-electron chi connectivity index (χ0n) is 13.3. The maximum absolute atomic E-state index is 11.8. The molecular weight excluding hydrogens is 304 g/mol. The van der Waals surface area contributed by atoms with Gasteiger partial charge in [0, 0.05) is 30.4 Å². The molecule has 0 aliphatic carbocycles. The summed E-state index contributed by atoms with van der Waals surface area (Å²) in [7, 11) is 0. The second-order valence-corrected chi connectivity index (χ2v) is 5.65. The number of pyridine rings is 1. The fourth-order valence-electron chi connectivity index (χ4n) is 3.10. The molecule has 0 aliphatic rings. The molecule has 0 spiro atoms. The van der Waals surface area contributed by atoms with Gasteiger partial charge in [-0.15, -0.1) is 0 Å². The van der Waals surface area contributed by atoms with Gasteiger partial charge in [0.15, 0.2) is 11.2 Å². The van der Waals surface area contributed by atoms with E-state index in [1.54, 1.807) is 6.20 Å². The summed E-state index contributed by atoms with van der Waals surface area (Å²) in [6.45, 7) is 1.94. The smallest absolute Gasteiger partial charge is 0.284 e. The zero-order chi connectivity index (χ0) is 17.3. The molecule has 0 aliphatic heterocycles. The molecule has 24 heavy (non-hydrogen) atoms. The summed E-state index contributed by atoms with van der Waals surface area (Å²) in [4.78, 5) is 23.3. The summed E-state index contributed by atoms with van der Waals surface area (Å²) in [5.41, 5.74) is 8.44. The van der Waals surface area contributed by atoms with Gasteiger partial charge < -0.3 is 15.2 Å². The van der Waals surface area contributed by atoms with Crippen LogP contribution < -0.4 is 16.4 Å². The molecule has 1 aromatic carbocycles. The third kappa shape index (κ3) is 2.65. The van der Waals surface area contributed by atoms with Crippen molar-refractivity contribution in [3.05, 3.63) is 80.9 Å². The molecule has 3 rings (SSSR count). The summed E-state index contributed by atoms with van der Waals surface area (Å²) in [6, 6.07) is 12.8. The minimum Gasteiger partial charge on any atom is -0.503 e. The van der Waals surface area contributed by atoms with Crippen LogP contribution in [0.1, 0.15) is 23.7 Å². The van der Waals surface area contributed by atoms with Crippen LogP contribution >= 0.6 is 0 Å². The normalized spacial score (nSPS) is 12.4. The number of benzene rings is 1. The molecule has 0 fully saturated rings. The maximum Gasteiger partial charge on any atom is 0.284 e. The zero-order valence-corrected chi connectivity index (χ0v) is 13.3. The first-order valence-corrected chi connectivity index (χ1v) is 7.75. The van der Waals surface area contributed by atoms with E-state index in [-0.39, 0.29) is 5.43 Å². The minimum atomic E-state index is -0.903. The Morgan fingerprint density at radius 2 is 1.92 bits per heavy atom. The minimum absolute atomic E-state index is 0.188. The first-order valence-electron chi connectivity index (χ1n) is 7.75. The Bertz CT molecular complexity index is 1020. The monoisotopic (exact) mass is 322 g/mol. The average Bonchev–Trinajstić information content (AvgIpc) is 2.87. The van der Waals surface area contributed by atoms with Crippen molar-refractivity contribution in [3.8, 4) is 0 Å². The molecule has 0 saturated heterocycles. The number of hydrogen-bond acceptors (Lipinski definition) is 3. The number of amides is 1. The first kappa shape index (κ1) is 15.8. The van der Waals surface area contributed by atoms with E-state index < -0.39 is 11.7 Å². The van der Waals surface area contributed by atoms with Gasteiger partial charge in [-0.1, -0.05) is 37.3 Å².